The monoisotopic (exact) mass is 201 g/mol. The first kappa shape index (κ1) is 8.47. The second kappa shape index (κ2) is 3.08. The number of para-hydroxylation sites is 1. The van der Waals surface area contributed by atoms with Crippen LogP contribution in [-0.2, 0) is 11.2 Å². The van der Waals surface area contributed by atoms with Crippen molar-refractivity contribution in [2.45, 2.75) is 12.8 Å². The van der Waals surface area contributed by atoms with Crippen LogP contribution in [0.5, 0.6) is 0 Å². The topological polar surface area (TPSA) is 44.7 Å². The van der Waals surface area contributed by atoms with Crippen molar-refractivity contribution in [1.82, 2.24) is 5.43 Å². The number of hydrogen-bond donors (Lipinski definition) is 1. The van der Waals surface area contributed by atoms with E-state index in [0.717, 1.165) is 24.4 Å². The summed E-state index contributed by atoms with van der Waals surface area (Å²) < 4.78 is 0. The molecule has 1 aromatic rings. The van der Waals surface area contributed by atoms with Crippen molar-refractivity contribution in [3.8, 4) is 0 Å². The fourth-order valence-corrected chi connectivity index (χ4v) is 2.10. The summed E-state index contributed by atoms with van der Waals surface area (Å²) in [7, 11) is 0. The molecule has 76 valence electrons. The fourth-order valence-electron chi connectivity index (χ4n) is 2.10. The molecule has 0 spiro atoms. The molecule has 2 heterocycles. The smallest absolute Gasteiger partial charge is 0.260 e. The molecule has 0 radical (unpaired) electrons. The Hall–Kier alpha value is -1.84. The molecule has 0 aromatic heterocycles. The van der Waals surface area contributed by atoms with Crippen molar-refractivity contribution < 1.29 is 4.79 Å². The summed E-state index contributed by atoms with van der Waals surface area (Å²) in [4.78, 5) is 13.3. The summed E-state index contributed by atoms with van der Waals surface area (Å²) in [5, 5.41) is 4.07. The molecule has 0 atom stereocenters. The Morgan fingerprint density at radius 2 is 2.13 bits per heavy atom. The van der Waals surface area contributed by atoms with Gasteiger partial charge in [-0.3, -0.25) is 4.79 Å². The fraction of sp³-hybridized carbons (Fsp3) is 0.273. The van der Waals surface area contributed by atoms with Crippen LogP contribution in [0.25, 0.3) is 0 Å². The Bertz CT molecular complexity index is 453. The minimum Gasteiger partial charge on any atom is -0.319 e. The average Bonchev–Trinajstić information content (AvgIpc) is 2.29. The van der Waals surface area contributed by atoms with Crippen molar-refractivity contribution in [3.05, 3.63) is 29.8 Å². The van der Waals surface area contributed by atoms with Gasteiger partial charge in [0.25, 0.3) is 5.91 Å². The van der Waals surface area contributed by atoms with Crippen LogP contribution >= 0.6 is 0 Å². The predicted octanol–water partition coefficient (Wildman–Crippen LogP) is 0.882. The summed E-state index contributed by atoms with van der Waals surface area (Å²) in [6.45, 7) is 0.385. The van der Waals surface area contributed by atoms with Crippen LogP contribution in [0.3, 0.4) is 0 Å². The molecule has 0 saturated carbocycles. The normalized spacial score (nSPS) is 18.8. The molecule has 0 saturated heterocycles. The number of aryl methyl sites for hydroxylation is 1. The maximum absolute atomic E-state index is 11.3. The molecule has 0 aliphatic carbocycles. The zero-order chi connectivity index (χ0) is 10.3. The van der Waals surface area contributed by atoms with E-state index in [0.29, 0.717) is 6.54 Å². The first-order valence-corrected chi connectivity index (χ1v) is 5.05. The van der Waals surface area contributed by atoms with E-state index in [1.165, 1.54) is 5.56 Å². The third kappa shape index (κ3) is 1.29. The van der Waals surface area contributed by atoms with Gasteiger partial charge in [0, 0.05) is 12.1 Å². The molecule has 4 heteroatoms. The lowest BCUT2D eigenvalue weighted by molar-refractivity contribution is -0.119. The Labute approximate surface area is 87.6 Å². The third-order valence-electron chi connectivity index (χ3n) is 2.82. The maximum Gasteiger partial charge on any atom is 0.260 e. The molecule has 15 heavy (non-hydrogen) atoms. The molecule has 0 bridgehead atoms. The molecular formula is C11H11N3O. The Morgan fingerprint density at radius 1 is 1.27 bits per heavy atom. The SMILES string of the molecule is O=C1CN2C(=NN1)CCc1ccccc12. The number of fused-ring (bicyclic) bond motifs is 3. The molecule has 0 fully saturated rings. The highest BCUT2D eigenvalue weighted by Crippen LogP contribution is 2.28. The molecule has 3 rings (SSSR count). The van der Waals surface area contributed by atoms with Crippen LogP contribution in [0.4, 0.5) is 5.69 Å². The molecule has 0 unspecified atom stereocenters. The highest BCUT2D eigenvalue weighted by Gasteiger charge is 2.26. The van der Waals surface area contributed by atoms with Gasteiger partial charge in [-0.05, 0) is 18.1 Å². The van der Waals surface area contributed by atoms with Gasteiger partial charge < -0.3 is 4.90 Å². The maximum atomic E-state index is 11.3. The molecule has 2 aliphatic heterocycles. The molecule has 1 amide bonds. The van der Waals surface area contributed by atoms with Crippen LogP contribution in [0.1, 0.15) is 12.0 Å². The van der Waals surface area contributed by atoms with Crippen molar-refractivity contribution in [1.29, 1.82) is 0 Å². The second-order valence-corrected chi connectivity index (χ2v) is 3.78. The van der Waals surface area contributed by atoms with E-state index < -0.39 is 0 Å². The van der Waals surface area contributed by atoms with E-state index in [9.17, 15) is 4.79 Å². The van der Waals surface area contributed by atoms with Gasteiger partial charge >= 0.3 is 0 Å². The largest absolute Gasteiger partial charge is 0.319 e. The van der Waals surface area contributed by atoms with Gasteiger partial charge in [-0.25, -0.2) is 5.43 Å². The first-order chi connectivity index (χ1) is 7.34. The number of hydrogen-bond acceptors (Lipinski definition) is 3. The quantitative estimate of drug-likeness (QED) is 0.677. The van der Waals surface area contributed by atoms with E-state index in [2.05, 4.69) is 16.6 Å². The van der Waals surface area contributed by atoms with Gasteiger partial charge in [0.15, 0.2) is 0 Å². The van der Waals surface area contributed by atoms with Crippen LogP contribution in [0, 0.1) is 0 Å². The lowest BCUT2D eigenvalue weighted by Crippen LogP contribution is -2.47. The number of rotatable bonds is 0. The number of hydrazone groups is 1. The lowest BCUT2D eigenvalue weighted by atomic mass is 10.0. The number of anilines is 1. The van der Waals surface area contributed by atoms with E-state index in [1.54, 1.807) is 0 Å². The summed E-state index contributed by atoms with van der Waals surface area (Å²) in [5.74, 6) is 0.920. The zero-order valence-corrected chi connectivity index (χ0v) is 8.23. The number of nitrogens with one attached hydrogen (secondary N) is 1. The zero-order valence-electron chi connectivity index (χ0n) is 8.23. The number of benzene rings is 1. The number of amidine groups is 1. The molecule has 2 aliphatic rings. The van der Waals surface area contributed by atoms with Crippen LogP contribution < -0.4 is 10.3 Å². The Kier molecular flexibility index (Phi) is 1.74. The summed E-state index contributed by atoms with van der Waals surface area (Å²) in [5.41, 5.74) is 4.94. The van der Waals surface area contributed by atoms with Gasteiger partial charge in [0.2, 0.25) is 0 Å². The van der Waals surface area contributed by atoms with E-state index >= 15 is 0 Å². The van der Waals surface area contributed by atoms with Gasteiger partial charge in [-0.15, -0.1) is 0 Å². The van der Waals surface area contributed by atoms with E-state index in [-0.39, 0.29) is 5.91 Å². The highest BCUT2D eigenvalue weighted by molar-refractivity contribution is 6.06. The number of nitrogens with zero attached hydrogens (tertiary/aromatic N) is 2. The summed E-state index contributed by atoms with van der Waals surface area (Å²) in [6.07, 6.45) is 1.90. The van der Waals surface area contributed by atoms with Crippen LogP contribution in [0.2, 0.25) is 0 Å². The van der Waals surface area contributed by atoms with Crippen molar-refractivity contribution in [2.24, 2.45) is 5.10 Å². The van der Waals surface area contributed by atoms with Gasteiger partial charge in [-0.2, -0.15) is 5.10 Å². The number of carbonyl (C=O) groups is 1. The standard InChI is InChI=1S/C11H11N3O/c15-11-7-14-9-4-2-1-3-8(9)5-6-10(14)12-13-11/h1-4H,5-7H2,(H,13,15). The number of amides is 1. The lowest BCUT2D eigenvalue weighted by Gasteiger charge is -2.33. The minimum atomic E-state index is -0.0459. The van der Waals surface area contributed by atoms with E-state index in [1.807, 2.05) is 23.1 Å². The van der Waals surface area contributed by atoms with Gasteiger partial charge in [0.05, 0.1) is 0 Å². The molecular weight excluding hydrogens is 190 g/mol. The third-order valence-corrected chi connectivity index (χ3v) is 2.82. The Morgan fingerprint density at radius 3 is 3.07 bits per heavy atom. The number of carbonyl (C=O) groups excluding carboxylic acids is 1. The van der Waals surface area contributed by atoms with Crippen LogP contribution in [0.15, 0.2) is 29.4 Å². The summed E-state index contributed by atoms with van der Waals surface area (Å²) >= 11 is 0. The van der Waals surface area contributed by atoms with Crippen LogP contribution in [-0.4, -0.2) is 18.3 Å². The van der Waals surface area contributed by atoms with Gasteiger partial charge in [0.1, 0.15) is 12.4 Å². The minimum absolute atomic E-state index is 0.0459. The molecule has 1 aromatic carbocycles. The molecule has 1 N–H and O–H groups in total. The molecule has 4 nitrogen and oxygen atoms in total. The van der Waals surface area contributed by atoms with Gasteiger partial charge in [-0.1, -0.05) is 18.2 Å². The summed E-state index contributed by atoms with van der Waals surface area (Å²) in [6, 6.07) is 8.18. The van der Waals surface area contributed by atoms with Crippen molar-refractivity contribution in [3.63, 3.8) is 0 Å². The Balaban J connectivity index is 2.09. The van der Waals surface area contributed by atoms with Crippen molar-refractivity contribution >= 4 is 17.4 Å². The van der Waals surface area contributed by atoms with E-state index in [4.69, 9.17) is 0 Å². The average molecular weight is 201 g/mol. The predicted molar refractivity (Wildman–Crippen MR) is 57.7 cm³/mol. The highest BCUT2D eigenvalue weighted by atomic mass is 16.2. The first-order valence-electron chi connectivity index (χ1n) is 5.05. The second-order valence-electron chi connectivity index (χ2n) is 3.78. The van der Waals surface area contributed by atoms with Crippen molar-refractivity contribution in [2.75, 3.05) is 11.4 Å².